The van der Waals surface area contributed by atoms with Crippen LogP contribution in [0.2, 0.25) is 5.02 Å². The Morgan fingerprint density at radius 3 is 2.46 bits per heavy atom. The summed E-state index contributed by atoms with van der Waals surface area (Å²) in [4.78, 5) is 16.3. The van der Waals surface area contributed by atoms with Crippen LogP contribution in [0.5, 0.6) is 0 Å². The van der Waals surface area contributed by atoms with Crippen molar-refractivity contribution in [2.45, 2.75) is 24.8 Å². The van der Waals surface area contributed by atoms with Gasteiger partial charge < -0.3 is 9.84 Å². The molecule has 9 heteroatoms. The minimum absolute atomic E-state index is 0.0275. The van der Waals surface area contributed by atoms with E-state index in [-0.39, 0.29) is 28.8 Å². The van der Waals surface area contributed by atoms with E-state index in [4.69, 9.17) is 16.1 Å². The molecule has 1 amide bonds. The van der Waals surface area contributed by atoms with Crippen molar-refractivity contribution >= 4 is 27.3 Å². The third-order valence-electron chi connectivity index (χ3n) is 4.00. The molecule has 1 aromatic heterocycles. The minimum Gasteiger partial charge on any atom is -0.344 e. The molecule has 3 rings (SSSR count). The standard InChI is InChI=1S/C19H18ClN3O4S/c1-13-2-4-14(5-3-13)12-21-18(24)19-22-17(23-27-19)10-11-28(25,26)16-8-6-15(20)7-9-16/h2-9H,10-12H2,1H3,(H,21,24). The molecule has 0 spiro atoms. The van der Waals surface area contributed by atoms with E-state index in [0.29, 0.717) is 11.6 Å². The molecular formula is C19H18ClN3O4S. The second-order valence-electron chi connectivity index (χ2n) is 6.21. The number of nitrogens with one attached hydrogen (secondary N) is 1. The van der Waals surface area contributed by atoms with Crippen molar-refractivity contribution < 1.29 is 17.7 Å². The van der Waals surface area contributed by atoms with Gasteiger partial charge in [-0.3, -0.25) is 4.79 Å². The fourth-order valence-corrected chi connectivity index (χ4v) is 3.76. The van der Waals surface area contributed by atoms with E-state index in [1.54, 1.807) is 0 Å². The summed E-state index contributed by atoms with van der Waals surface area (Å²) in [5.74, 6) is -0.776. The Morgan fingerprint density at radius 1 is 1.11 bits per heavy atom. The first kappa shape index (κ1) is 20.0. The van der Waals surface area contributed by atoms with Crippen molar-refractivity contribution in [1.82, 2.24) is 15.5 Å². The fraction of sp³-hybridized carbons (Fsp3) is 0.211. The average molecular weight is 420 g/mol. The molecule has 3 aromatic rings. The molecule has 0 aliphatic heterocycles. The van der Waals surface area contributed by atoms with Gasteiger partial charge in [0, 0.05) is 18.0 Å². The Balaban J connectivity index is 1.56. The van der Waals surface area contributed by atoms with E-state index in [1.807, 2.05) is 31.2 Å². The topological polar surface area (TPSA) is 102 Å². The summed E-state index contributed by atoms with van der Waals surface area (Å²) in [6.07, 6.45) is 0.0275. The molecule has 0 bridgehead atoms. The van der Waals surface area contributed by atoms with Crippen molar-refractivity contribution in [3.05, 3.63) is 76.4 Å². The highest BCUT2D eigenvalue weighted by Crippen LogP contribution is 2.16. The first-order chi connectivity index (χ1) is 13.3. The second-order valence-corrected chi connectivity index (χ2v) is 8.75. The molecular weight excluding hydrogens is 402 g/mol. The summed E-state index contributed by atoms with van der Waals surface area (Å²) in [5, 5.41) is 6.82. The van der Waals surface area contributed by atoms with Gasteiger partial charge in [-0.05, 0) is 36.8 Å². The largest absolute Gasteiger partial charge is 0.344 e. The lowest BCUT2D eigenvalue weighted by atomic mass is 10.1. The molecule has 0 fully saturated rings. The molecule has 28 heavy (non-hydrogen) atoms. The van der Waals surface area contributed by atoms with E-state index >= 15 is 0 Å². The summed E-state index contributed by atoms with van der Waals surface area (Å²) in [6, 6.07) is 13.6. The first-order valence-corrected chi connectivity index (χ1v) is 10.5. The molecule has 0 aliphatic carbocycles. The molecule has 0 radical (unpaired) electrons. The number of hydrogen-bond acceptors (Lipinski definition) is 6. The zero-order chi connectivity index (χ0) is 20.1. The summed E-state index contributed by atoms with van der Waals surface area (Å²) in [5.41, 5.74) is 2.07. The molecule has 0 saturated heterocycles. The Labute approximate surface area is 167 Å². The molecule has 1 heterocycles. The predicted molar refractivity (Wildman–Crippen MR) is 104 cm³/mol. The zero-order valence-corrected chi connectivity index (χ0v) is 16.6. The molecule has 2 aromatic carbocycles. The van der Waals surface area contributed by atoms with E-state index in [9.17, 15) is 13.2 Å². The number of benzene rings is 2. The highest BCUT2D eigenvalue weighted by atomic mass is 35.5. The number of rotatable bonds is 7. The summed E-state index contributed by atoms with van der Waals surface area (Å²) in [6.45, 7) is 2.30. The average Bonchev–Trinajstić information content (AvgIpc) is 3.15. The number of carbonyl (C=O) groups excluding carboxylic acids is 1. The lowest BCUT2D eigenvalue weighted by Crippen LogP contribution is -2.23. The van der Waals surface area contributed by atoms with E-state index in [0.717, 1.165) is 11.1 Å². The van der Waals surface area contributed by atoms with Crippen LogP contribution in [0.3, 0.4) is 0 Å². The van der Waals surface area contributed by atoms with Gasteiger partial charge in [-0.25, -0.2) is 8.42 Å². The molecule has 7 nitrogen and oxygen atoms in total. The van der Waals surface area contributed by atoms with E-state index in [2.05, 4.69) is 15.5 Å². The maximum atomic E-state index is 12.3. The maximum absolute atomic E-state index is 12.3. The SMILES string of the molecule is Cc1ccc(CNC(=O)c2nc(CCS(=O)(=O)c3ccc(Cl)cc3)no2)cc1. The molecule has 0 unspecified atom stereocenters. The van der Waals surface area contributed by atoms with Gasteiger partial charge in [0.1, 0.15) is 0 Å². The second kappa shape index (κ2) is 8.53. The van der Waals surface area contributed by atoms with Crippen molar-refractivity contribution in [2.24, 2.45) is 0 Å². The van der Waals surface area contributed by atoms with E-state index in [1.165, 1.54) is 24.3 Å². The fourth-order valence-electron chi connectivity index (χ4n) is 2.40. The minimum atomic E-state index is -3.52. The molecule has 1 N–H and O–H groups in total. The number of aryl methyl sites for hydroxylation is 2. The Kier molecular flexibility index (Phi) is 6.11. The normalized spacial score (nSPS) is 11.4. The Bertz CT molecular complexity index is 1060. The Morgan fingerprint density at radius 2 is 1.79 bits per heavy atom. The maximum Gasteiger partial charge on any atom is 0.315 e. The number of aromatic nitrogens is 2. The number of amides is 1. The molecule has 146 valence electrons. The number of halogens is 1. The van der Waals surface area contributed by atoms with Gasteiger partial charge >= 0.3 is 11.8 Å². The van der Waals surface area contributed by atoms with Crippen LogP contribution in [0.1, 0.15) is 27.6 Å². The van der Waals surface area contributed by atoms with Gasteiger partial charge in [0.2, 0.25) is 0 Å². The summed E-state index contributed by atoms with van der Waals surface area (Å²) >= 11 is 5.77. The van der Waals surface area contributed by atoms with Gasteiger partial charge in [0.25, 0.3) is 0 Å². The van der Waals surface area contributed by atoms with Crippen LogP contribution in [0.4, 0.5) is 0 Å². The number of nitrogens with zero attached hydrogens (tertiary/aromatic N) is 2. The van der Waals surface area contributed by atoms with Crippen LogP contribution >= 0.6 is 11.6 Å². The van der Waals surface area contributed by atoms with Crippen molar-refractivity contribution in [3.63, 3.8) is 0 Å². The molecule has 0 aliphatic rings. The van der Waals surface area contributed by atoms with Crippen LogP contribution in [0, 0.1) is 6.92 Å². The smallest absolute Gasteiger partial charge is 0.315 e. The molecule has 0 saturated carbocycles. The van der Waals surface area contributed by atoms with Gasteiger partial charge in [0.05, 0.1) is 10.6 Å². The van der Waals surface area contributed by atoms with Crippen LogP contribution in [0.15, 0.2) is 57.9 Å². The summed E-state index contributed by atoms with van der Waals surface area (Å²) < 4.78 is 29.6. The van der Waals surface area contributed by atoms with Crippen LogP contribution in [-0.2, 0) is 22.8 Å². The quantitative estimate of drug-likeness (QED) is 0.631. The highest BCUT2D eigenvalue weighted by Gasteiger charge is 2.19. The van der Waals surface area contributed by atoms with Crippen molar-refractivity contribution in [1.29, 1.82) is 0 Å². The van der Waals surface area contributed by atoms with E-state index < -0.39 is 15.7 Å². The predicted octanol–water partition coefficient (Wildman–Crippen LogP) is 2.98. The lowest BCUT2D eigenvalue weighted by molar-refractivity contribution is 0.0907. The zero-order valence-electron chi connectivity index (χ0n) is 15.1. The van der Waals surface area contributed by atoms with Gasteiger partial charge in [0.15, 0.2) is 15.7 Å². The van der Waals surface area contributed by atoms with Crippen molar-refractivity contribution in [3.8, 4) is 0 Å². The monoisotopic (exact) mass is 419 g/mol. The number of hydrogen-bond donors (Lipinski definition) is 1. The Hall–Kier alpha value is -2.71. The highest BCUT2D eigenvalue weighted by molar-refractivity contribution is 7.91. The first-order valence-electron chi connectivity index (χ1n) is 8.48. The lowest BCUT2D eigenvalue weighted by Gasteiger charge is -2.03. The van der Waals surface area contributed by atoms with Crippen LogP contribution in [-0.4, -0.2) is 30.2 Å². The third kappa shape index (κ3) is 5.17. The van der Waals surface area contributed by atoms with Gasteiger partial charge in [-0.2, -0.15) is 4.98 Å². The number of carbonyl (C=O) groups is 1. The van der Waals surface area contributed by atoms with Crippen LogP contribution in [0.25, 0.3) is 0 Å². The number of sulfone groups is 1. The van der Waals surface area contributed by atoms with Crippen LogP contribution < -0.4 is 5.32 Å². The molecule has 0 atom stereocenters. The van der Waals surface area contributed by atoms with Gasteiger partial charge in [-0.1, -0.05) is 46.6 Å². The van der Waals surface area contributed by atoms with Gasteiger partial charge in [-0.15, -0.1) is 0 Å². The third-order valence-corrected chi connectivity index (χ3v) is 5.99. The van der Waals surface area contributed by atoms with Crippen molar-refractivity contribution in [2.75, 3.05) is 5.75 Å². The summed E-state index contributed by atoms with van der Waals surface area (Å²) in [7, 11) is -3.52.